The first-order chi connectivity index (χ1) is 13.5. The Labute approximate surface area is 165 Å². The molecule has 0 amide bonds. The molecule has 2 aliphatic heterocycles. The maximum atomic E-state index is 10.8. The second-order valence-corrected chi connectivity index (χ2v) is 7.89. The fraction of sp³-hybridized carbons (Fsp3) is 0.476. The maximum absolute atomic E-state index is 10.8. The SMILES string of the molecule is CC1CN(Cc2ccccc2)CC2(CCN(c3ccc([N+](=O)[O-])cn3)CC2)O1. The van der Waals surface area contributed by atoms with E-state index in [1.807, 2.05) is 0 Å². The van der Waals surface area contributed by atoms with Crippen LogP contribution in [0.4, 0.5) is 11.5 Å². The highest BCUT2D eigenvalue weighted by molar-refractivity contribution is 5.43. The Morgan fingerprint density at radius 1 is 1.21 bits per heavy atom. The number of hydrogen-bond donors (Lipinski definition) is 0. The number of rotatable bonds is 4. The third-order valence-corrected chi connectivity index (χ3v) is 5.67. The summed E-state index contributed by atoms with van der Waals surface area (Å²) < 4.78 is 6.44. The van der Waals surface area contributed by atoms with E-state index in [1.165, 1.54) is 17.8 Å². The molecule has 1 aromatic heterocycles. The van der Waals surface area contributed by atoms with E-state index in [4.69, 9.17) is 4.74 Å². The zero-order valence-electron chi connectivity index (χ0n) is 16.2. The molecule has 0 N–H and O–H groups in total. The number of anilines is 1. The van der Waals surface area contributed by atoms with E-state index in [1.54, 1.807) is 6.07 Å². The smallest absolute Gasteiger partial charge is 0.287 e. The predicted molar refractivity (Wildman–Crippen MR) is 107 cm³/mol. The van der Waals surface area contributed by atoms with Crippen molar-refractivity contribution in [1.82, 2.24) is 9.88 Å². The van der Waals surface area contributed by atoms with Crippen LogP contribution in [0.3, 0.4) is 0 Å². The second-order valence-electron chi connectivity index (χ2n) is 7.89. The molecule has 148 valence electrons. The summed E-state index contributed by atoms with van der Waals surface area (Å²) >= 11 is 0. The van der Waals surface area contributed by atoms with E-state index in [0.717, 1.165) is 51.4 Å². The molecule has 0 bridgehead atoms. The van der Waals surface area contributed by atoms with Crippen molar-refractivity contribution in [3.8, 4) is 0 Å². The lowest BCUT2D eigenvalue weighted by atomic mass is 9.88. The van der Waals surface area contributed by atoms with Crippen molar-refractivity contribution in [2.75, 3.05) is 31.1 Å². The predicted octanol–water partition coefficient (Wildman–Crippen LogP) is 3.25. The van der Waals surface area contributed by atoms with Gasteiger partial charge in [-0.1, -0.05) is 30.3 Å². The number of ether oxygens (including phenoxy) is 1. The summed E-state index contributed by atoms with van der Waals surface area (Å²) in [4.78, 5) is 19.4. The van der Waals surface area contributed by atoms with Crippen molar-refractivity contribution >= 4 is 11.5 Å². The largest absolute Gasteiger partial charge is 0.369 e. The number of piperidine rings is 1. The van der Waals surface area contributed by atoms with Crippen LogP contribution >= 0.6 is 0 Å². The van der Waals surface area contributed by atoms with Gasteiger partial charge in [0, 0.05) is 38.8 Å². The lowest BCUT2D eigenvalue weighted by molar-refractivity contribution is -0.385. The molecule has 3 heterocycles. The zero-order chi connectivity index (χ0) is 19.6. The summed E-state index contributed by atoms with van der Waals surface area (Å²) in [5.74, 6) is 0.797. The number of nitrogens with zero attached hydrogens (tertiary/aromatic N) is 4. The Balaban J connectivity index is 1.40. The van der Waals surface area contributed by atoms with Gasteiger partial charge < -0.3 is 9.64 Å². The van der Waals surface area contributed by atoms with Gasteiger partial charge in [-0.2, -0.15) is 0 Å². The molecule has 7 nitrogen and oxygen atoms in total. The van der Waals surface area contributed by atoms with Crippen molar-refractivity contribution < 1.29 is 9.66 Å². The Kier molecular flexibility index (Phi) is 5.28. The quantitative estimate of drug-likeness (QED) is 0.597. The summed E-state index contributed by atoms with van der Waals surface area (Å²) in [6.07, 6.45) is 3.41. The number of nitro groups is 1. The molecule has 4 rings (SSSR count). The van der Waals surface area contributed by atoms with Gasteiger partial charge in [-0.3, -0.25) is 15.0 Å². The molecule has 0 saturated carbocycles. The van der Waals surface area contributed by atoms with Crippen LogP contribution in [0.15, 0.2) is 48.7 Å². The molecule has 2 fully saturated rings. The molecule has 1 aromatic carbocycles. The third kappa shape index (κ3) is 4.15. The molecule has 28 heavy (non-hydrogen) atoms. The number of aromatic nitrogens is 1. The third-order valence-electron chi connectivity index (χ3n) is 5.67. The number of morpholine rings is 1. The molecule has 1 atom stereocenters. The van der Waals surface area contributed by atoms with E-state index < -0.39 is 4.92 Å². The summed E-state index contributed by atoms with van der Waals surface area (Å²) in [5.41, 5.74) is 1.24. The van der Waals surface area contributed by atoms with Crippen LogP contribution in [0.25, 0.3) is 0 Å². The van der Waals surface area contributed by atoms with Gasteiger partial charge in [0.25, 0.3) is 5.69 Å². The van der Waals surface area contributed by atoms with Crippen molar-refractivity contribution in [2.24, 2.45) is 0 Å². The molecule has 0 aliphatic carbocycles. The van der Waals surface area contributed by atoms with Crippen LogP contribution in [0.2, 0.25) is 0 Å². The monoisotopic (exact) mass is 382 g/mol. The minimum absolute atomic E-state index is 0.0261. The van der Waals surface area contributed by atoms with Crippen LogP contribution in [-0.2, 0) is 11.3 Å². The molecule has 0 radical (unpaired) electrons. The topological polar surface area (TPSA) is 71.7 Å². The highest BCUT2D eigenvalue weighted by Gasteiger charge is 2.42. The molecule has 2 saturated heterocycles. The standard InChI is InChI=1S/C21H26N4O3/c1-17-14-23(15-18-5-3-2-4-6-18)16-21(28-17)9-11-24(12-10-21)20-8-7-19(13-22-20)25(26)27/h2-8,13,17H,9-12,14-16H2,1H3. The number of benzene rings is 1. The highest BCUT2D eigenvalue weighted by Crippen LogP contribution is 2.34. The average Bonchev–Trinajstić information content (AvgIpc) is 2.69. The summed E-state index contributed by atoms with van der Waals surface area (Å²) in [5, 5.41) is 10.8. The lowest BCUT2D eigenvalue weighted by Gasteiger charge is -2.49. The summed E-state index contributed by atoms with van der Waals surface area (Å²) in [7, 11) is 0. The lowest BCUT2D eigenvalue weighted by Crippen LogP contribution is -2.59. The normalized spacial score (nSPS) is 22.3. The van der Waals surface area contributed by atoms with Gasteiger partial charge in [0.05, 0.1) is 16.6 Å². The van der Waals surface area contributed by atoms with Crippen LogP contribution < -0.4 is 4.90 Å². The van der Waals surface area contributed by atoms with E-state index in [0.29, 0.717) is 0 Å². The van der Waals surface area contributed by atoms with Crippen LogP contribution in [0.5, 0.6) is 0 Å². The van der Waals surface area contributed by atoms with Gasteiger partial charge in [0.15, 0.2) is 0 Å². The van der Waals surface area contributed by atoms with Crippen molar-refractivity contribution in [3.63, 3.8) is 0 Å². The first-order valence-corrected chi connectivity index (χ1v) is 9.82. The first-order valence-electron chi connectivity index (χ1n) is 9.82. The fourth-order valence-electron chi connectivity index (χ4n) is 4.39. The Hall–Kier alpha value is -2.51. The number of hydrogen-bond acceptors (Lipinski definition) is 6. The molecular formula is C21H26N4O3. The van der Waals surface area contributed by atoms with Gasteiger partial charge in [0.2, 0.25) is 0 Å². The van der Waals surface area contributed by atoms with Crippen LogP contribution in [0, 0.1) is 10.1 Å². The van der Waals surface area contributed by atoms with Crippen LogP contribution in [-0.4, -0.2) is 52.7 Å². The van der Waals surface area contributed by atoms with E-state index in [-0.39, 0.29) is 17.4 Å². The zero-order valence-corrected chi connectivity index (χ0v) is 16.2. The molecule has 2 aliphatic rings. The Morgan fingerprint density at radius 2 is 1.96 bits per heavy atom. The molecule has 7 heteroatoms. The van der Waals surface area contributed by atoms with Crippen LogP contribution in [0.1, 0.15) is 25.3 Å². The van der Waals surface area contributed by atoms with Gasteiger partial charge in [-0.15, -0.1) is 0 Å². The van der Waals surface area contributed by atoms with Gasteiger partial charge in [-0.25, -0.2) is 4.98 Å². The first kappa shape index (κ1) is 18.8. The second kappa shape index (κ2) is 7.85. The average molecular weight is 382 g/mol. The van der Waals surface area contributed by atoms with Gasteiger partial charge in [-0.05, 0) is 31.4 Å². The fourth-order valence-corrected chi connectivity index (χ4v) is 4.39. The maximum Gasteiger partial charge on any atom is 0.287 e. The number of pyridine rings is 1. The molecule has 1 unspecified atom stereocenters. The van der Waals surface area contributed by atoms with E-state index >= 15 is 0 Å². The summed E-state index contributed by atoms with van der Waals surface area (Å²) in [6.45, 7) is 6.68. The Bertz CT molecular complexity index is 804. The van der Waals surface area contributed by atoms with Gasteiger partial charge in [0.1, 0.15) is 12.0 Å². The van der Waals surface area contributed by atoms with E-state index in [9.17, 15) is 10.1 Å². The molecule has 2 aromatic rings. The van der Waals surface area contributed by atoms with Gasteiger partial charge >= 0.3 is 0 Å². The van der Waals surface area contributed by atoms with E-state index in [2.05, 4.69) is 52.0 Å². The highest BCUT2D eigenvalue weighted by atomic mass is 16.6. The van der Waals surface area contributed by atoms with Crippen molar-refractivity contribution in [2.45, 2.75) is 38.0 Å². The molecular weight excluding hydrogens is 356 g/mol. The van der Waals surface area contributed by atoms with Crippen molar-refractivity contribution in [3.05, 3.63) is 64.3 Å². The Morgan fingerprint density at radius 3 is 2.61 bits per heavy atom. The minimum atomic E-state index is -0.416. The molecule has 1 spiro atoms. The van der Waals surface area contributed by atoms with Crippen molar-refractivity contribution in [1.29, 1.82) is 0 Å². The minimum Gasteiger partial charge on any atom is -0.369 e. The summed E-state index contributed by atoms with van der Waals surface area (Å²) in [6, 6.07) is 13.8.